The third-order valence-electron chi connectivity index (χ3n) is 4.15. The molecular formula is C21H30N2O. The van der Waals surface area contributed by atoms with E-state index >= 15 is 0 Å². The van der Waals surface area contributed by atoms with Gasteiger partial charge in [-0.3, -0.25) is 0 Å². The highest BCUT2D eigenvalue weighted by Gasteiger charge is 2.24. The number of rotatable bonds is 4. The topological polar surface area (TPSA) is 44.3 Å². The average molecular weight is 326 g/mol. The minimum absolute atomic E-state index is 0.0370. The molecular weight excluding hydrogens is 296 g/mol. The van der Waals surface area contributed by atoms with Gasteiger partial charge in [-0.25, -0.2) is 5.43 Å². The van der Waals surface area contributed by atoms with Crippen molar-refractivity contribution in [3.63, 3.8) is 0 Å². The van der Waals surface area contributed by atoms with Crippen LogP contribution in [0.4, 0.5) is 5.69 Å². The molecule has 0 radical (unpaired) electrons. The van der Waals surface area contributed by atoms with Crippen molar-refractivity contribution in [1.29, 1.82) is 0 Å². The van der Waals surface area contributed by atoms with Crippen LogP contribution in [0.5, 0.6) is 5.75 Å². The van der Waals surface area contributed by atoms with Gasteiger partial charge in [0.05, 0.1) is 0 Å². The largest absolute Gasteiger partial charge is 0.507 e. The molecule has 0 aliphatic rings. The average Bonchev–Trinajstić information content (AvgIpc) is 2.47. The number of phenolic OH excluding ortho intramolecular Hbond substituents is 1. The Kier molecular flexibility index (Phi) is 5.24. The molecule has 2 aromatic rings. The van der Waals surface area contributed by atoms with Crippen molar-refractivity contribution < 1.29 is 5.11 Å². The predicted octanol–water partition coefficient (Wildman–Crippen LogP) is 5.10. The molecule has 3 heteroatoms. The molecule has 0 unspecified atom stereocenters. The second-order valence-corrected chi connectivity index (χ2v) is 8.38. The first-order valence-corrected chi connectivity index (χ1v) is 8.50. The van der Waals surface area contributed by atoms with E-state index in [0.29, 0.717) is 12.3 Å². The zero-order chi connectivity index (χ0) is 18.0. The maximum Gasteiger partial charge on any atom is 0.123 e. The van der Waals surface area contributed by atoms with Gasteiger partial charge in [-0.1, -0.05) is 71.9 Å². The Labute approximate surface area is 146 Å². The summed E-state index contributed by atoms with van der Waals surface area (Å²) in [4.78, 5) is 0. The molecule has 0 amide bonds. The molecule has 0 aromatic heterocycles. The molecule has 2 aromatic carbocycles. The third kappa shape index (κ3) is 4.51. The van der Waals surface area contributed by atoms with Gasteiger partial charge in [-0.05, 0) is 34.1 Å². The van der Waals surface area contributed by atoms with E-state index in [-0.39, 0.29) is 10.8 Å². The van der Waals surface area contributed by atoms with Crippen LogP contribution < -0.4 is 10.9 Å². The SMILES string of the molecule is CC(C)(C)c1cc(CNNc2ccccc2)c(O)c(C(C)(C)C)c1. The van der Waals surface area contributed by atoms with Crippen LogP contribution >= 0.6 is 0 Å². The quantitative estimate of drug-likeness (QED) is 0.685. The molecule has 0 fully saturated rings. The lowest BCUT2D eigenvalue weighted by Gasteiger charge is -2.27. The zero-order valence-corrected chi connectivity index (χ0v) is 15.7. The molecule has 0 aliphatic heterocycles. The van der Waals surface area contributed by atoms with E-state index in [9.17, 15) is 5.11 Å². The van der Waals surface area contributed by atoms with E-state index in [0.717, 1.165) is 16.8 Å². The Morgan fingerprint density at radius 1 is 0.875 bits per heavy atom. The van der Waals surface area contributed by atoms with Crippen LogP contribution in [0.15, 0.2) is 42.5 Å². The fourth-order valence-corrected chi connectivity index (χ4v) is 2.60. The van der Waals surface area contributed by atoms with Gasteiger partial charge in [0.2, 0.25) is 0 Å². The molecule has 130 valence electrons. The molecule has 3 nitrogen and oxygen atoms in total. The minimum Gasteiger partial charge on any atom is -0.507 e. The second-order valence-electron chi connectivity index (χ2n) is 8.38. The first kappa shape index (κ1) is 18.3. The lowest BCUT2D eigenvalue weighted by Crippen LogP contribution is -2.23. The molecule has 0 bridgehead atoms. The Bertz CT molecular complexity index is 679. The summed E-state index contributed by atoms with van der Waals surface area (Å²) in [6, 6.07) is 14.2. The summed E-state index contributed by atoms with van der Waals surface area (Å²) in [5.41, 5.74) is 10.5. The summed E-state index contributed by atoms with van der Waals surface area (Å²) in [6.45, 7) is 13.5. The van der Waals surface area contributed by atoms with Crippen molar-refractivity contribution in [3.05, 3.63) is 59.2 Å². The van der Waals surface area contributed by atoms with Crippen LogP contribution in [0, 0.1) is 0 Å². The van der Waals surface area contributed by atoms with Crippen LogP contribution in [0.3, 0.4) is 0 Å². The number of hydrogen-bond acceptors (Lipinski definition) is 3. The van der Waals surface area contributed by atoms with Gasteiger partial charge in [0.1, 0.15) is 5.75 Å². The fourth-order valence-electron chi connectivity index (χ4n) is 2.60. The summed E-state index contributed by atoms with van der Waals surface area (Å²) in [7, 11) is 0. The maximum absolute atomic E-state index is 10.7. The lowest BCUT2D eigenvalue weighted by molar-refractivity contribution is 0.436. The standard InChI is InChI=1S/C21H30N2O/c1-20(2,3)16-12-15(19(24)18(13-16)21(4,5)6)14-22-23-17-10-8-7-9-11-17/h7-13,22-24H,14H2,1-6H3. The first-order valence-electron chi connectivity index (χ1n) is 8.50. The van der Waals surface area contributed by atoms with Gasteiger partial charge in [0, 0.05) is 17.8 Å². The predicted molar refractivity (Wildman–Crippen MR) is 102 cm³/mol. The Morgan fingerprint density at radius 2 is 1.50 bits per heavy atom. The molecule has 24 heavy (non-hydrogen) atoms. The third-order valence-corrected chi connectivity index (χ3v) is 4.15. The van der Waals surface area contributed by atoms with E-state index in [4.69, 9.17) is 0 Å². The van der Waals surface area contributed by atoms with Crippen LogP contribution in [-0.4, -0.2) is 5.11 Å². The molecule has 0 saturated carbocycles. The summed E-state index contributed by atoms with van der Waals surface area (Å²) in [5, 5.41) is 10.7. The summed E-state index contributed by atoms with van der Waals surface area (Å²) >= 11 is 0. The smallest absolute Gasteiger partial charge is 0.123 e. The van der Waals surface area contributed by atoms with E-state index in [1.165, 1.54) is 5.56 Å². The highest BCUT2D eigenvalue weighted by molar-refractivity contribution is 5.49. The minimum atomic E-state index is -0.104. The Balaban J connectivity index is 2.27. The number of phenols is 1. The van der Waals surface area contributed by atoms with Crippen LogP contribution in [0.25, 0.3) is 0 Å². The lowest BCUT2D eigenvalue weighted by atomic mass is 9.79. The molecule has 0 heterocycles. The molecule has 0 atom stereocenters. The van der Waals surface area contributed by atoms with Crippen molar-refractivity contribution in [2.45, 2.75) is 58.9 Å². The summed E-state index contributed by atoms with van der Waals surface area (Å²) in [6.07, 6.45) is 0. The van der Waals surface area contributed by atoms with Gasteiger partial charge in [-0.2, -0.15) is 0 Å². The molecule has 2 rings (SSSR count). The van der Waals surface area contributed by atoms with Crippen LogP contribution in [-0.2, 0) is 17.4 Å². The first-order chi connectivity index (χ1) is 11.1. The Morgan fingerprint density at radius 3 is 2.04 bits per heavy atom. The molecule has 3 N–H and O–H groups in total. The van der Waals surface area contributed by atoms with Gasteiger partial charge in [0.15, 0.2) is 0 Å². The molecule has 0 aliphatic carbocycles. The molecule has 0 saturated heterocycles. The van der Waals surface area contributed by atoms with E-state index in [1.807, 2.05) is 30.3 Å². The summed E-state index contributed by atoms with van der Waals surface area (Å²) in [5.74, 6) is 0.387. The van der Waals surface area contributed by atoms with Gasteiger partial charge in [0.25, 0.3) is 0 Å². The highest BCUT2D eigenvalue weighted by atomic mass is 16.3. The van der Waals surface area contributed by atoms with Crippen molar-refractivity contribution in [1.82, 2.24) is 5.43 Å². The number of aromatic hydroxyl groups is 1. The van der Waals surface area contributed by atoms with Crippen molar-refractivity contribution in [3.8, 4) is 5.75 Å². The number of para-hydroxylation sites is 1. The second kappa shape index (κ2) is 6.86. The van der Waals surface area contributed by atoms with E-state index in [1.54, 1.807) is 0 Å². The number of hydrogen-bond donors (Lipinski definition) is 3. The highest BCUT2D eigenvalue weighted by Crippen LogP contribution is 2.37. The van der Waals surface area contributed by atoms with Crippen molar-refractivity contribution >= 4 is 5.69 Å². The van der Waals surface area contributed by atoms with Crippen molar-refractivity contribution in [2.24, 2.45) is 0 Å². The summed E-state index contributed by atoms with van der Waals surface area (Å²) < 4.78 is 0. The van der Waals surface area contributed by atoms with Crippen LogP contribution in [0.1, 0.15) is 58.2 Å². The number of anilines is 1. The zero-order valence-electron chi connectivity index (χ0n) is 15.7. The van der Waals surface area contributed by atoms with Gasteiger partial charge >= 0.3 is 0 Å². The maximum atomic E-state index is 10.7. The normalized spacial score (nSPS) is 12.2. The number of benzene rings is 2. The number of nitrogens with one attached hydrogen (secondary N) is 2. The van der Waals surface area contributed by atoms with Gasteiger partial charge in [-0.15, -0.1) is 0 Å². The van der Waals surface area contributed by atoms with Crippen molar-refractivity contribution in [2.75, 3.05) is 5.43 Å². The fraction of sp³-hybridized carbons (Fsp3) is 0.429. The molecule has 0 spiro atoms. The number of hydrazine groups is 1. The monoisotopic (exact) mass is 326 g/mol. The van der Waals surface area contributed by atoms with Gasteiger partial charge < -0.3 is 10.5 Å². The van der Waals surface area contributed by atoms with E-state index < -0.39 is 0 Å². The van der Waals surface area contributed by atoms with E-state index in [2.05, 4.69) is 64.5 Å². The van der Waals surface area contributed by atoms with Crippen LogP contribution in [0.2, 0.25) is 0 Å². The Hall–Kier alpha value is -2.00.